The molecule has 4 rings (SSSR count). The molecule has 0 saturated carbocycles. The molecule has 3 heterocycles. The van der Waals surface area contributed by atoms with Crippen molar-refractivity contribution >= 4 is 36.2 Å². The average molecular weight is 484 g/mol. The first-order chi connectivity index (χ1) is 15.1. The van der Waals surface area contributed by atoms with E-state index >= 15 is 0 Å². The molecule has 5 atom stereocenters. The maximum Gasteiger partial charge on any atom is 0.325 e. The van der Waals surface area contributed by atoms with E-state index in [4.69, 9.17) is 26.1 Å². The fourth-order valence-electron chi connectivity index (χ4n) is 3.70. The quantitative estimate of drug-likeness (QED) is 0.247. The summed E-state index contributed by atoms with van der Waals surface area (Å²) in [7, 11) is -4.27. The van der Waals surface area contributed by atoms with E-state index in [0.29, 0.717) is 11.3 Å². The smallest absolute Gasteiger partial charge is 0.325 e. The van der Waals surface area contributed by atoms with Crippen molar-refractivity contribution < 1.29 is 29.3 Å². The van der Waals surface area contributed by atoms with Crippen LogP contribution >= 0.6 is 19.2 Å². The second-order valence-corrected chi connectivity index (χ2v) is 9.78. The van der Waals surface area contributed by atoms with Crippen LogP contribution in [0.1, 0.15) is 31.2 Å². The van der Waals surface area contributed by atoms with Crippen LogP contribution in [-0.2, 0) is 9.30 Å². The summed E-state index contributed by atoms with van der Waals surface area (Å²) < 4.78 is 18.3. The number of benzene rings is 1. The van der Waals surface area contributed by atoms with E-state index < -0.39 is 38.3 Å². The Morgan fingerprint density at radius 1 is 1.22 bits per heavy atom. The van der Waals surface area contributed by atoms with Gasteiger partial charge < -0.3 is 30.1 Å². The number of aliphatic hydroxyl groups is 2. The highest BCUT2D eigenvalue weighted by molar-refractivity contribution is 7.51. The largest absolute Gasteiger partial charge is 0.388 e. The number of hydrogen-bond donors (Lipinski definition) is 5. The summed E-state index contributed by atoms with van der Waals surface area (Å²) in [4.78, 5) is 31.0. The van der Waals surface area contributed by atoms with Gasteiger partial charge in [0.05, 0.1) is 24.6 Å². The van der Waals surface area contributed by atoms with Crippen molar-refractivity contribution in [2.24, 2.45) is 0 Å². The number of halogens is 1. The molecule has 1 saturated heterocycles. The van der Waals surface area contributed by atoms with Gasteiger partial charge in [-0.1, -0.05) is 30.3 Å². The highest BCUT2D eigenvalue weighted by atomic mass is 35.5. The lowest BCUT2D eigenvalue weighted by molar-refractivity contribution is -0.0355. The van der Waals surface area contributed by atoms with Crippen LogP contribution in [0.15, 0.2) is 36.7 Å². The zero-order chi connectivity index (χ0) is 23.0. The highest BCUT2D eigenvalue weighted by Crippen LogP contribution is 2.39. The first-order valence-corrected chi connectivity index (χ1v) is 12.1. The Bertz CT molecular complexity index is 1140. The second-order valence-electron chi connectivity index (χ2n) is 7.67. The van der Waals surface area contributed by atoms with E-state index in [1.54, 1.807) is 0 Å². The van der Waals surface area contributed by atoms with Gasteiger partial charge in [0.25, 0.3) is 0 Å². The topological polar surface area (TPSA) is 163 Å². The summed E-state index contributed by atoms with van der Waals surface area (Å²) >= 11 is 6.14. The second kappa shape index (κ2) is 9.03. The van der Waals surface area contributed by atoms with Gasteiger partial charge in [0.2, 0.25) is 5.28 Å². The van der Waals surface area contributed by atoms with Gasteiger partial charge >= 0.3 is 7.60 Å². The zero-order valence-electron chi connectivity index (χ0n) is 17.0. The third-order valence-electron chi connectivity index (χ3n) is 5.36. The first kappa shape index (κ1) is 23.1. The summed E-state index contributed by atoms with van der Waals surface area (Å²) in [6.07, 6.45) is -3.93. The number of anilines is 1. The lowest BCUT2D eigenvalue weighted by atomic mass is 10.1. The molecule has 1 aliphatic heterocycles. The molecular weight excluding hydrogens is 461 g/mol. The van der Waals surface area contributed by atoms with Crippen LogP contribution in [0.5, 0.6) is 0 Å². The molecule has 0 amide bonds. The Hall–Kier alpha value is -2.11. The minimum atomic E-state index is -4.27. The number of hydrogen-bond acceptors (Lipinski definition) is 8. The molecule has 32 heavy (non-hydrogen) atoms. The van der Waals surface area contributed by atoms with Crippen molar-refractivity contribution in [3.63, 3.8) is 0 Å². The molecule has 0 radical (unpaired) electrons. The number of aromatic nitrogens is 4. The third kappa shape index (κ3) is 4.79. The molecule has 11 nitrogen and oxygen atoms in total. The van der Waals surface area contributed by atoms with Crippen LogP contribution in [-0.4, -0.2) is 64.0 Å². The number of aliphatic hydroxyl groups excluding tert-OH is 2. The van der Waals surface area contributed by atoms with Gasteiger partial charge in [-0.25, -0.2) is 4.98 Å². The zero-order valence-corrected chi connectivity index (χ0v) is 18.6. The molecule has 0 spiro atoms. The van der Waals surface area contributed by atoms with Gasteiger partial charge in [-0.3, -0.25) is 9.13 Å². The summed E-state index contributed by atoms with van der Waals surface area (Å²) in [5.41, 5.74) is 1.70. The Morgan fingerprint density at radius 2 is 1.94 bits per heavy atom. The fraction of sp³-hybridized carbons (Fsp3) is 0.421. The minimum Gasteiger partial charge on any atom is -0.388 e. The van der Waals surface area contributed by atoms with Crippen molar-refractivity contribution in [3.8, 4) is 0 Å². The van der Waals surface area contributed by atoms with Crippen molar-refractivity contribution in [2.45, 2.75) is 43.9 Å². The molecule has 5 N–H and O–H groups in total. The van der Waals surface area contributed by atoms with Gasteiger partial charge in [-0.15, -0.1) is 0 Å². The molecule has 172 valence electrons. The molecule has 0 bridgehead atoms. The lowest BCUT2D eigenvalue weighted by Gasteiger charge is -2.18. The third-order valence-corrected chi connectivity index (χ3v) is 6.37. The van der Waals surface area contributed by atoms with Crippen LogP contribution in [0, 0.1) is 0 Å². The lowest BCUT2D eigenvalue weighted by Crippen LogP contribution is -2.31. The van der Waals surface area contributed by atoms with Gasteiger partial charge in [0.15, 0.2) is 23.2 Å². The Morgan fingerprint density at radius 3 is 2.62 bits per heavy atom. The minimum absolute atomic E-state index is 0.0481. The molecule has 1 fully saturated rings. The van der Waals surface area contributed by atoms with Crippen LogP contribution in [0.3, 0.4) is 0 Å². The summed E-state index contributed by atoms with van der Waals surface area (Å²) in [6, 6.07) is 9.61. The van der Waals surface area contributed by atoms with Crippen molar-refractivity contribution in [3.05, 3.63) is 47.5 Å². The van der Waals surface area contributed by atoms with E-state index in [9.17, 15) is 14.8 Å². The predicted octanol–water partition coefficient (Wildman–Crippen LogP) is 1.84. The molecule has 1 aromatic carbocycles. The van der Waals surface area contributed by atoms with Crippen LogP contribution in [0.4, 0.5) is 5.82 Å². The average Bonchev–Trinajstić information content (AvgIpc) is 3.28. The van der Waals surface area contributed by atoms with Crippen molar-refractivity contribution in [1.29, 1.82) is 0 Å². The fourth-order valence-corrected chi connectivity index (χ4v) is 4.46. The Labute approximate surface area is 188 Å². The number of ether oxygens (including phenoxy) is 1. The number of imidazole rings is 1. The van der Waals surface area contributed by atoms with Crippen LogP contribution in [0.25, 0.3) is 11.2 Å². The standard InChI is InChI=1S/C19H23ClN5O6P/c1-10(11-5-3-2-4-6-11)22-16-13-17(24-19(20)23-16)25(9-21-13)18-15(27)14(26)12(31-18)7-8-32(28,29)30/h2-6,9-10,12,14-15,18,26-27H,7-8H2,1H3,(H,22,23,24)(H2,28,29,30)/t10-,12+,14?,15-,18+/m0/s1. The molecule has 2 aromatic heterocycles. The Kier molecular flexibility index (Phi) is 6.51. The van der Waals surface area contributed by atoms with Gasteiger partial charge in [0, 0.05) is 0 Å². The van der Waals surface area contributed by atoms with Crippen LogP contribution < -0.4 is 5.32 Å². The predicted molar refractivity (Wildman–Crippen MR) is 116 cm³/mol. The van der Waals surface area contributed by atoms with Gasteiger partial charge in [0.1, 0.15) is 12.2 Å². The van der Waals surface area contributed by atoms with E-state index in [1.807, 2.05) is 37.3 Å². The molecule has 13 heteroatoms. The maximum absolute atomic E-state index is 11.2. The highest BCUT2D eigenvalue weighted by Gasteiger charge is 2.44. The first-order valence-electron chi connectivity index (χ1n) is 9.92. The monoisotopic (exact) mass is 483 g/mol. The number of nitrogens with one attached hydrogen (secondary N) is 1. The number of rotatable bonds is 7. The number of fused-ring (bicyclic) bond motifs is 1. The van der Waals surface area contributed by atoms with Gasteiger partial charge in [-0.05, 0) is 30.5 Å². The number of nitrogens with zero attached hydrogens (tertiary/aromatic N) is 4. The molecule has 1 unspecified atom stereocenters. The summed E-state index contributed by atoms with van der Waals surface area (Å²) in [5, 5.41) is 24.0. The molecule has 0 aliphatic carbocycles. The van der Waals surface area contributed by atoms with Crippen molar-refractivity contribution in [1.82, 2.24) is 19.5 Å². The normalized spacial score (nSPS) is 24.7. The van der Waals surface area contributed by atoms with E-state index in [0.717, 1.165) is 5.56 Å². The summed E-state index contributed by atoms with van der Waals surface area (Å²) in [5.74, 6) is 0.390. The van der Waals surface area contributed by atoms with E-state index in [1.165, 1.54) is 10.9 Å². The van der Waals surface area contributed by atoms with Gasteiger partial charge in [-0.2, -0.15) is 9.97 Å². The van der Waals surface area contributed by atoms with E-state index in [-0.39, 0.29) is 23.4 Å². The SMILES string of the molecule is C[C@H](Nc1nc(Cl)nc2c1ncn2[C@@H]1O[C@H](CCP(=O)(O)O)C(O)[C@@H]1O)c1ccccc1. The molecular formula is C19H23ClN5O6P. The maximum atomic E-state index is 11.2. The Balaban J connectivity index is 1.61. The molecule has 1 aliphatic rings. The van der Waals surface area contributed by atoms with E-state index in [2.05, 4.69) is 20.3 Å². The van der Waals surface area contributed by atoms with Crippen LogP contribution in [0.2, 0.25) is 5.28 Å². The molecule has 3 aromatic rings. The summed E-state index contributed by atoms with van der Waals surface area (Å²) in [6.45, 7) is 1.96. The van der Waals surface area contributed by atoms with Crippen molar-refractivity contribution in [2.75, 3.05) is 11.5 Å².